The van der Waals surface area contributed by atoms with E-state index in [1.54, 1.807) is 43.8 Å². The Hall–Kier alpha value is -3.27. The van der Waals surface area contributed by atoms with E-state index in [9.17, 15) is 4.79 Å². The number of nitriles is 1. The zero-order valence-electron chi connectivity index (χ0n) is 11.1. The molecule has 1 aromatic carbocycles. The first-order valence-corrected chi connectivity index (χ1v) is 6.13. The van der Waals surface area contributed by atoms with Crippen molar-refractivity contribution in [3.05, 3.63) is 47.9 Å². The average Bonchev–Trinajstić information content (AvgIpc) is 2.86. The molecule has 7 heteroatoms. The molecule has 7 nitrogen and oxygen atoms in total. The highest BCUT2D eigenvalue weighted by molar-refractivity contribution is 6.05. The van der Waals surface area contributed by atoms with Crippen molar-refractivity contribution in [3.8, 4) is 6.07 Å². The van der Waals surface area contributed by atoms with Crippen LogP contribution in [0.2, 0.25) is 0 Å². The van der Waals surface area contributed by atoms with Crippen LogP contribution in [0.5, 0.6) is 0 Å². The Morgan fingerprint density at radius 2 is 2.05 bits per heavy atom. The molecule has 3 aromatic rings. The Morgan fingerprint density at radius 1 is 1.29 bits per heavy atom. The molecule has 0 aliphatic rings. The van der Waals surface area contributed by atoms with E-state index >= 15 is 0 Å². The third-order valence-electron chi connectivity index (χ3n) is 2.91. The number of nitrogens with one attached hydrogen (secondary N) is 1. The van der Waals surface area contributed by atoms with Crippen molar-refractivity contribution in [2.75, 3.05) is 5.32 Å². The van der Waals surface area contributed by atoms with Gasteiger partial charge >= 0.3 is 0 Å². The van der Waals surface area contributed by atoms with Crippen molar-refractivity contribution in [2.45, 2.75) is 0 Å². The summed E-state index contributed by atoms with van der Waals surface area (Å²) in [5.74, 6) is -0.109. The minimum Gasteiger partial charge on any atom is -0.304 e. The predicted octanol–water partition coefficient (Wildman–Crippen LogP) is 1.49. The second-order valence-corrected chi connectivity index (χ2v) is 4.39. The van der Waals surface area contributed by atoms with E-state index in [2.05, 4.69) is 20.4 Å². The highest BCUT2D eigenvalue weighted by Gasteiger charge is 2.13. The first-order valence-electron chi connectivity index (χ1n) is 6.13. The van der Waals surface area contributed by atoms with Crippen LogP contribution in [0.1, 0.15) is 15.9 Å². The molecule has 0 saturated carbocycles. The van der Waals surface area contributed by atoms with Gasteiger partial charge in [-0.15, -0.1) is 0 Å². The van der Waals surface area contributed by atoms with Crippen molar-refractivity contribution in [2.24, 2.45) is 7.05 Å². The Morgan fingerprint density at radius 3 is 2.81 bits per heavy atom. The number of carbonyl (C=O) groups is 1. The molecule has 0 unspecified atom stereocenters. The summed E-state index contributed by atoms with van der Waals surface area (Å²) in [5.41, 5.74) is 2.08. The average molecular weight is 278 g/mol. The number of fused-ring (bicyclic) bond motifs is 1. The molecule has 0 saturated heterocycles. The van der Waals surface area contributed by atoms with Crippen LogP contribution in [-0.4, -0.2) is 25.7 Å². The van der Waals surface area contributed by atoms with Crippen molar-refractivity contribution < 1.29 is 4.79 Å². The smallest absolute Gasteiger partial charge is 0.256 e. The molecule has 2 aromatic heterocycles. The minimum absolute atomic E-state index is 0.240. The van der Waals surface area contributed by atoms with E-state index in [1.807, 2.05) is 6.07 Å². The van der Waals surface area contributed by atoms with E-state index < -0.39 is 0 Å². The van der Waals surface area contributed by atoms with Crippen LogP contribution in [0.15, 0.2) is 36.8 Å². The third-order valence-corrected chi connectivity index (χ3v) is 2.91. The van der Waals surface area contributed by atoms with Gasteiger partial charge in [-0.25, -0.2) is 0 Å². The second-order valence-electron chi connectivity index (χ2n) is 4.39. The van der Waals surface area contributed by atoms with Gasteiger partial charge in [0.1, 0.15) is 11.6 Å². The highest BCUT2D eigenvalue weighted by Crippen LogP contribution is 2.15. The number of amides is 1. The molecular weight excluding hydrogens is 268 g/mol. The summed E-state index contributed by atoms with van der Waals surface area (Å²) >= 11 is 0. The molecule has 102 valence electrons. The fourth-order valence-corrected chi connectivity index (χ4v) is 1.95. The van der Waals surface area contributed by atoms with E-state index in [-0.39, 0.29) is 11.7 Å². The summed E-state index contributed by atoms with van der Waals surface area (Å²) in [6.45, 7) is 0. The fraction of sp³-hybridized carbons (Fsp3) is 0.0714. The molecule has 0 aliphatic carbocycles. The van der Waals surface area contributed by atoms with Gasteiger partial charge in [-0.05, 0) is 18.2 Å². The van der Waals surface area contributed by atoms with Crippen molar-refractivity contribution in [3.63, 3.8) is 0 Å². The van der Waals surface area contributed by atoms with Gasteiger partial charge in [-0.3, -0.25) is 19.4 Å². The molecule has 0 spiro atoms. The lowest BCUT2D eigenvalue weighted by molar-refractivity contribution is 0.102. The predicted molar refractivity (Wildman–Crippen MR) is 75.4 cm³/mol. The van der Waals surface area contributed by atoms with E-state index in [0.29, 0.717) is 22.2 Å². The largest absolute Gasteiger partial charge is 0.304 e. The van der Waals surface area contributed by atoms with Crippen molar-refractivity contribution >= 4 is 22.8 Å². The Bertz CT molecular complexity index is 877. The lowest BCUT2D eigenvalue weighted by atomic mass is 10.2. The van der Waals surface area contributed by atoms with Crippen LogP contribution in [0, 0.1) is 11.3 Å². The van der Waals surface area contributed by atoms with Crippen molar-refractivity contribution in [1.82, 2.24) is 19.7 Å². The number of hydrogen-bond donors (Lipinski definition) is 1. The quantitative estimate of drug-likeness (QED) is 0.766. The first kappa shape index (κ1) is 12.7. The molecule has 0 radical (unpaired) electrons. The molecule has 1 N–H and O–H groups in total. The Labute approximate surface area is 119 Å². The summed E-state index contributed by atoms with van der Waals surface area (Å²) in [6.07, 6.45) is 4.70. The SMILES string of the molecule is Cn1cc(C#N)c(NC(=O)c2ccc3nccnc3c2)n1. The number of hydrogen-bond acceptors (Lipinski definition) is 5. The molecule has 0 bridgehead atoms. The van der Waals surface area contributed by atoms with E-state index in [0.717, 1.165) is 0 Å². The zero-order valence-corrected chi connectivity index (χ0v) is 11.1. The molecular formula is C14H10N6O. The number of aryl methyl sites for hydroxylation is 1. The summed E-state index contributed by atoms with van der Waals surface area (Å²) in [7, 11) is 1.68. The third kappa shape index (κ3) is 2.42. The van der Waals surface area contributed by atoms with Crippen LogP contribution < -0.4 is 5.32 Å². The van der Waals surface area contributed by atoms with Gasteiger partial charge < -0.3 is 5.32 Å². The highest BCUT2D eigenvalue weighted by atomic mass is 16.1. The number of rotatable bonds is 2. The fourth-order valence-electron chi connectivity index (χ4n) is 1.95. The lowest BCUT2D eigenvalue weighted by Crippen LogP contribution is -2.13. The Kier molecular flexibility index (Phi) is 3.04. The number of nitrogens with zero attached hydrogens (tertiary/aromatic N) is 5. The molecule has 21 heavy (non-hydrogen) atoms. The number of benzene rings is 1. The van der Waals surface area contributed by atoms with E-state index in [4.69, 9.17) is 5.26 Å². The summed E-state index contributed by atoms with van der Waals surface area (Å²) in [5, 5.41) is 15.6. The molecule has 1 amide bonds. The number of anilines is 1. The Balaban J connectivity index is 1.92. The standard InChI is InChI=1S/C14H10N6O/c1-20-8-10(7-15)13(19-20)18-14(21)9-2-3-11-12(6-9)17-5-4-16-11/h2-6,8H,1H3,(H,18,19,21). The van der Waals surface area contributed by atoms with E-state index in [1.165, 1.54) is 4.68 Å². The van der Waals surface area contributed by atoms with Gasteiger partial charge in [-0.1, -0.05) is 0 Å². The second kappa shape index (κ2) is 5.02. The maximum atomic E-state index is 12.2. The summed E-state index contributed by atoms with van der Waals surface area (Å²) in [4.78, 5) is 20.5. The topological polar surface area (TPSA) is 96.5 Å². The summed E-state index contributed by atoms with van der Waals surface area (Å²) in [6, 6.07) is 7.01. The van der Waals surface area contributed by atoms with Crippen LogP contribution in [0.4, 0.5) is 5.82 Å². The van der Waals surface area contributed by atoms with Gasteiger partial charge in [0.2, 0.25) is 0 Å². The van der Waals surface area contributed by atoms with Gasteiger partial charge in [0.25, 0.3) is 5.91 Å². The molecule has 0 fully saturated rings. The van der Waals surface area contributed by atoms with Crippen LogP contribution >= 0.6 is 0 Å². The molecule has 0 atom stereocenters. The van der Waals surface area contributed by atoms with Gasteiger partial charge in [0.15, 0.2) is 5.82 Å². The monoisotopic (exact) mass is 278 g/mol. The summed E-state index contributed by atoms with van der Waals surface area (Å²) < 4.78 is 1.47. The zero-order chi connectivity index (χ0) is 14.8. The molecule has 0 aliphatic heterocycles. The number of carbonyl (C=O) groups excluding carboxylic acids is 1. The number of aromatic nitrogens is 4. The van der Waals surface area contributed by atoms with Gasteiger partial charge in [-0.2, -0.15) is 10.4 Å². The first-order chi connectivity index (χ1) is 10.2. The molecule has 3 rings (SSSR count). The minimum atomic E-state index is -0.349. The van der Waals surface area contributed by atoms with Crippen LogP contribution in [0.25, 0.3) is 11.0 Å². The van der Waals surface area contributed by atoms with Crippen LogP contribution in [0.3, 0.4) is 0 Å². The van der Waals surface area contributed by atoms with Crippen LogP contribution in [-0.2, 0) is 7.05 Å². The normalized spacial score (nSPS) is 10.3. The van der Waals surface area contributed by atoms with Gasteiger partial charge in [0.05, 0.1) is 11.0 Å². The molecule has 2 heterocycles. The van der Waals surface area contributed by atoms with Crippen molar-refractivity contribution in [1.29, 1.82) is 5.26 Å². The lowest BCUT2D eigenvalue weighted by Gasteiger charge is -2.03. The maximum absolute atomic E-state index is 12.2. The maximum Gasteiger partial charge on any atom is 0.256 e. The van der Waals surface area contributed by atoms with Gasteiger partial charge in [0, 0.05) is 31.2 Å².